The highest BCUT2D eigenvalue weighted by atomic mass is 32.2. The summed E-state index contributed by atoms with van der Waals surface area (Å²) >= 11 is 1.46. The zero-order valence-electron chi connectivity index (χ0n) is 10.1. The van der Waals surface area contributed by atoms with Gasteiger partial charge in [-0.3, -0.25) is 14.6 Å². The molecule has 19 heavy (non-hydrogen) atoms. The third-order valence-electron chi connectivity index (χ3n) is 2.41. The van der Waals surface area contributed by atoms with Crippen LogP contribution in [-0.2, 0) is 19.2 Å². The minimum Gasteiger partial charge on any atom is -0.330 e. The van der Waals surface area contributed by atoms with E-state index in [1.807, 2.05) is 12.1 Å². The molecule has 1 fully saturated rings. The molecule has 2 heterocycles. The predicted molar refractivity (Wildman–Crippen MR) is 66.8 cm³/mol. The maximum Gasteiger partial charge on any atom is 0.334 e. The van der Waals surface area contributed by atoms with Crippen molar-refractivity contribution < 1.29 is 19.2 Å². The van der Waals surface area contributed by atoms with E-state index >= 15 is 0 Å². The molecule has 1 aliphatic heterocycles. The van der Waals surface area contributed by atoms with Crippen LogP contribution in [0.2, 0.25) is 0 Å². The van der Waals surface area contributed by atoms with Crippen molar-refractivity contribution >= 4 is 29.5 Å². The number of imide groups is 1. The molecule has 6 nitrogen and oxygen atoms in total. The Bertz CT molecular complexity index is 476. The summed E-state index contributed by atoms with van der Waals surface area (Å²) < 4.78 is 0. The quantitative estimate of drug-likeness (QED) is 0.595. The number of nitrogens with zero attached hydrogens (tertiary/aromatic N) is 2. The molecule has 0 saturated carbocycles. The number of amides is 2. The van der Waals surface area contributed by atoms with Crippen LogP contribution in [0, 0.1) is 0 Å². The molecule has 2 amide bonds. The molecule has 0 N–H and O–H groups in total. The highest BCUT2D eigenvalue weighted by Gasteiger charge is 2.32. The van der Waals surface area contributed by atoms with Crippen LogP contribution >= 0.6 is 11.8 Å². The van der Waals surface area contributed by atoms with E-state index in [1.165, 1.54) is 11.8 Å². The maximum atomic E-state index is 11.5. The molecule has 0 spiro atoms. The van der Waals surface area contributed by atoms with Crippen LogP contribution in [0.15, 0.2) is 29.4 Å². The zero-order chi connectivity index (χ0) is 13.7. The van der Waals surface area contributed by atoms with Gasteiger partial charge in [0.05, 0.1) is 6.42 Å². The summed E-state index contributed by atoms with van der Waals surface area (Å²) in [7, 11) is 0. The van der Waals surface area contributed by atoms with Crippen molar-refractivity contribution in [2.45, 2.75) is 24.2 Å². The monoisotopic (exact) mass is 280 g/mol. The van der Waals surface area contributed by atoms with E-state index in [0.29, 0.717) is 10.8 Å². The number of pyridine rings is 1. The summed E-state index contributed by atoms with van der Waals surface area (Å²) in [5.74, 6) is -1.00. The smallest absolute Gasteiger partial charge is 0.330 e. The van der Waals surface area contributed by atoms with Gasteiger partial charge < -0.3 is 4.84 Å². The lowest BCUT2D eigenvalue weighted by atomic mass is 10.4. The molecule has 1 saturated heterocycles. The minimum atomic E-state index is -0.583. The number of rotatable bonds is 5. The molecule has 1 aliphatic rings. The zero-order valence-corrected chi connectivity index (χ0v) is 10.9. The van der Waals surface area contributed by atoms with Crippen LogP contribution in [0.25, 0.3) is 0 Å². The molecule has 2 rings (SSSR count). The third kappa shape index (κ3) is 3.78. The summed E-state index contributed by atoms with van der Waals surface area (Å²) in [6.45, 7) is 0. The highest BCUT2D eigenvalue weighted by Crippen LogP contribution is 2.18. The van der Waals surface area contributed by atoms with Gasteiger partial charge in [0.15, 0.2) is 0 Å². The van der Waals surface area contributed by atoms with Gasteiger partial charge >= 0.3 is 5.97 Å². The second-order valence-corrected chi connectivity index (χ2v) is 5.00. The average Bonchev–Trinajstić information content (AvgIpc) is 2.72. The van der Waals surface area contributed by atoms with E-state index in [2.05, 4.69) is 4.98 Å². The summed E-state index contributed by atoms with van der Waals surface area (Å²) in [5.41, 5.74) is 0. The predicted octanol–water partition coefficient (Wildman–Crippen LogP) is 1.17. The van der Waals surface area contributed by atoms with Crippen molar-refractivity contribution in [3.63, 3.8) is 0 Å². The van der Waals surface area contributed by atoms with Crippen LogP contribution < -0.4 is 0 Å². The number of hydroxylamine groups is 2. The summed E-state index contributed by atoms with van der Waals surface area (Å²) in [6.07, 6.45) is 3.70. The second-order valence-electron chi connectivity index (χ2n) is 3.83. The fraction of sp³-hybridized carbons (Fsp3) is 0.333. The van der Waals surface area contributed by atoms with Crippen molar-refractivity contribution in [1.82, 2.24) is 10.0 Å². The number of aromatic nitrogens is 1. The Labute approximate surface area is 114 Å². The van der Waals surface area contributed by atoms with E-state index in [1.54, 1.807) is 12.4 Å². The van der Waals surface area contributed by atoms with E-state index < -0.39 is 17.8 Å². The Morgan fingerprint density at radius 1 is 1.37 bits per heavy atom. The summed E-state index contributed by atoms with van der Waals surface area (Å²) in [4.78, 5) is 43.6. The van der Waals surface area contributed by atoms with Gasteiger partial charge in [0.2, 0.25) is 0 Å². The molecule has 0 aromatic carbocycles. The third-order valence-corrected chi connectivity index (χ3v) is 3.39. The SMILES string of the molecule is O=C(CCSc1cccnc1)ON1C(=O)CCC1=O. The molecule has 0 bridgehead atoms. The van der Waals surface area contributed by atoms with Crippen molar-refractivity contribution in [1.29, 1.82) is 0 Å². The first-order valence-electron chi connectivity index (χ1n) is 5.76. The Balaban J connectivity index is 1.73. The first-order valence-corrected chi connectivity index (χ1v) is 6.75. The topological polar surface area (TPSA) is 76.6 Å². The van der Waals surface area contributed by atoms with Crippen LogP contribution in [0.4, 0.5) is 0 Å². The Hall–Kier alpha value is -1.89. The maximum absolute atomic E-state index is 11.5. The Morgan fingerprint density at radius 3 is 2.74 bits per heavy atom. The Kier molecular flexibility index (Phi) is 4.51. The molecule has 100 valence electrons. The molecule has 0 aliphatic carbocycles. The number of hydrogen-bond acceptors (Lipinski definition) is 6. The fourth-order valence-electron chi connectivity index (χ4n) is 1.49. The van der Waals surface area contributed by atoms with Gasteiger partial charge in [-0.1, -0.05) is 0 Å². The molecule has 1 aromatic rings. The molecule has 1 aromatic heterocycles. The van der Waals surface area contributed by atoms with Gasteiger partial charge in [0.25, 0.3) is 11.8 Å². The van der Waals surface area contributed by atoms with E-state index in [0.717, 1.165) is 4.90 Å². The van der Waals surface area contributed by atoms with E-state index in [-0.39, 0.29) is 19.3 Å². The lowest BCUT2D eigenvalue weighted by Gasteiger charge is -2.12. The average molecular weight is 280 g/mol. The number of carbonyl (C=O) groups excluding carboxylic acids is 3. The van der Waals surface area contributed by atoms with Crippen LogP contribution in [0.3, 0.4) is 0 Å². The lowest BCUT2D eigenvalue weighted by molar-refractivity contribution is -0.197. The number of carbonyl (C=O) groups is 3. The van der Waals surface area contributed by atoms with Gasteiger partial charge in [-0.25, -0.2) is 4.79 Å². The summed E-state index contributed by atoms with van der Waals surface area (Å²) in [5, 5.41) is 0.567. The minimum absolute atomic E-state index is 0.108. The van der Waals surface area contributed by atoms with Crippen LogP contribution in [0.1, 0.15) is 19.3 Å². The second kappa shape index (κ2) is 6.33. The van der Waals surface area contributed by atoms with Gasteiger partial charge in [-0.05, 0) is 12.1 Å². The van der Waals surface area contributed by atoms with Crippen LogP contribution in [-0.4, -0.2) is 33.6 Å². The van der Waals surface area contributed by atoms with Gasteiger partial charge in [-0.15, -0.1) is 16.8 Å². The number of thioether (sulfide) groups is 1. The molecule has 0 radical (unpaired) electrons. The standard InChI is InChI=1S/C12H12N2O4S/c15-10-3-4-11(16)14(10)18-12(17)5-7-19-9-2-1-6-13-8-9/h1-2,6,8H,3-5,7H2. The van der Waals surface area contributed by atoms with E-state index in [4.69, 9.17) is 4.84 Å². The number of hydrogen-bond donors (Lipinski definition) is 0. The van der Waals surface area contributed by atoms with Gasteiger partial charge in [0, 0.05) is 35.9 Å². The molecule has 7 heteroatoms. The van der Waals surface area contributed by atoms with Crippen molar-refractivity contribution in [2.75, 3.05) is 5.75 Å². The van der Waals surface area contributed by atoms with Crippen molar-refractivity contribution in [3.05, 3.63) is 24.5 Å². The normalized spacial score (nSPS) is 14.8. The largest absolute Gasteiger partial charge is 0.334 e. The Morgan fingerprint density at radius 2 is 2.11 bits per heavy atom. The fourth-order valence-corrected chi connectivity index (χ4v) is 2.30. The summed E-state index contributed by atoms with van der Waals surface area (Å²) in [6, 6.07) is 3.69. The molecule has 0 unspecified atom stereocenters. The van der Waals surface area contributed by atoms with Gasteiger partial charge in [0.1, 0.15) is 0 Å². The molecule has 0 atom stereocenters. The lowest BCUT2D eigenvalue weighted by Crippen LogP contribution is -2.32. The highest BCUT2D eigenvalue weighted by molar-refractivity contribution is 7.99. The first kappa shape index (κ1) is 13.5. The molecular weight excluding hydrogens is 268 g/mol. The van der Waals surface area contributed by atoms with Crippen molar-refractivity contribution in [2.24, 2.45) is 0 Å². The molecular formula is C12H12N2O4S. The van der Waals surface area contributed by atoms with Crippen molar-refractivity contribution in [3.8, 4) is 0 Å². The first-order chi connectivity index (χ1) is 9.16. The van der Waals surface area contributed by atoms with Gasteiger partial charge in [-0.2, -0.15) is 0 Å². The van der Waals surface area contributed by atoms with Crippen LogP contribution in [0.5, 0.6) is 0 Å². The van der Waals surface area contributed by atoms with E-state index in [9.17, 15) is 14.4 Å².